The summed E-state index contributed by atoms with van der Waals surface area (Å²) in [6.45, 7) is 1.80. The molecule has 4 nitrogen and oxygen atoms in total. The van der Waals surface area contributed by atoms with Crippen molar-refractivity contribution in [1.29, 1.82) is 0 Å². The van der Waals surface area contributed by atoms with E-state index in [4.69, 9.17) is 9.57 Å². The molecule has 2 aromatic rings. The average Bonchev–Trinajstić information content (AvgIpc) is 3.20. The molecule has 1 saturated carbocycles. The first kappa shape index (κ1) is 15.1. The van der Waals surface area contributed by atoms with Crippen LogP contribution in [0.15, 0.2) is 41.1 Å². The van der Waals surface area contributed by atoms with Crippen LogP contribution >= 0.6 is 11.3 Å². The van der Waals surface area contributed by atoms with Crippen molar-refractivity contribution < 1.29 is 14.4 Å². The van der Waals surface area contributed by atoms with Crippen LogP contribution < -0.4 is 10.2 Å². The number of carbonyl (C=O) groups is 1. The summed E-state index contributed by atoms with van der Waals surface area (Å²) >= 11 is 1.68. The lowest BCUT2D eigenvalue weighted by molar-refractivity contribution is -0.133. The molecule has 1 unspecified atom stereocenters. The zero-order chi connectivity index (χ0) is 15.4. The van der Waals surface area contributed by atoms with Crippen molar-refractivity contribution >= 4 is 17.2 Å². The second-order valence-electron chi connectivity index (χ2n) is 5.50. The first-order chi connectivity index (χ1) is 10.7. The van der Waals surface area contributed by atoms with Crippen LogP contribution in [-0.2, 0) is 9.63 Å². The molecule has 3 rings (SSSR count). The molecule has 1 N–H and O–H groups in total. The van der Waals surface area contributed by atoms with Gasteiger partial charge < -0.3 is 4.74 Å². The van der Waals surface area contributed by atoms with E-state index in [1.54, 1.807) is 11.3 Å². The number of thiophene rings is 1. The van der Waals surface area contributed by atoms with Gasteiger partial charge in [0.05, 0.1) is 0 Å². The highest BCUT2D eigenvalue weighted by molar-refractivity contribution is 7.08. The molecule has 0 saturated heterocycles. The first-order valence-electron chi connectivity index (χ1n) is 7.40. The van der Waals surface area contributed by atoms with Gasteiger partial charge in [0, 0.05) is 6.92 Å². The first-order valence-corrected chi connectivity index (χ1v) is 8.34. The Bertz CT molecular complexity index is 623. The molecule has 0 radical (unpaired) electrons. The Labute approximate surface area is 134 Å². The third-order valence-corrected chi connectivity index (χ3v) is 4.27. The van der Waals surface area contributed by atoms with Crippen molar-refractivity contribution in [2.24, 2.45) is 5.92 Å². The summed E-state index contributed by atoms with van der Waals surface area (Å²) in [5, 5.41) is 4.19. The Balaban J connectivity index is 1.65. The summed E-state index contributed by atoms with van der Waals surface area (Å²) in [4.78, 5) is 16.1. The minimum Gasteiger partial charge on any atom is -0.488 e. The van der Waals surface area contributed by atoms with Gasteiger partial charge in [-0.05, 0) is 58.8 Å². The Morgan fingerprint density at radius 1 is 1.36 bits per heavy atom. The fraction of sp³-hybridized carbons (Fsp3) is 0.353. The molecule has 5 heteroatoms. The highest BCUT2D eigenvalue weighted by atomic mass is 32.1. The third kappa shape index (κ3) is 4.08. The molecular weight excluding hydrogens is 298 g/mol. The van der Waals surface area contributed by atoms with Gasteiger partial charge in [-0.25, -0.2) is 5.48 Å². The SMILES string of the molecule is CC(=O)NOCC(Oc1cccc(-c2ccsc2)c1)C1CC1. The van der Waals surface area contributed by atoms with Crippen LogP contribution in [0.1, 0.15) is 19.8 Å². The summed E-state index contributed by atoms with van der Waals surface area (Å²) in [5.74, 6) is 1.15. The lowest BCUT2D eigenvalue weighted by Gasteiger charge is -2.19. The van der Waals surface area contributed by atoms with Gasteiger partial charge in [0.15, 0.2) is 0 Å². The molecule has 0 aliphatic heterocycles. The number of hydroxylamine groups is 1. The summed E-state index contributed by atoms with van der Waals surface area (Å²) in [6.07, 6.45) is 2.28. The van der Waals surface area contributed by atoms with Crippen LogP contribution in [0.25, 0.3) is 11.1 Å². The van der Waals surface area contributed by atoms with Crippen LogP contribution in [0.3, 0.4) is 0 Å². The fourth-order valence-electron chi connectivity index (χ4n) is 2.31. The van der Waals surface area contributed by atoms with Crippen molar-refractivity contribution in [3.8, 4) is 16.9 Å². The maximum atomic E-state index is 10.9. The summed E-state index contributed by atoms with van der Waals surface area (Å²) < 4.78 is 6.09. The van der Waals surface area contributed by atoms with Gasteiger partial charge in [0.2, 0.25) is 5.91 Å². The molecule has 1 aromatic heterocycles. The van der Waals surface area contributed by atoms with Crippen molar-refractivity contribution in [3.05, 3.63) is 41.1 Å². The van der Waals surface area contributed by atoms with Crippen LogP contribution in [0.5, 0.6) is 5.75 Å². The average molecular weight is 317 g/mol. The molecule has 22 heavy (non-hydrogen) atoms. The van der Waals surface area contributed by atoms with Gasteiger partial charge in [0.1, 0.15) is 18.5 Å². The molecule has 1 aliphatic carbocycles. The summed E-state index contributed by atoms with van der Waals surface area (Å²) in [7, 11) is 0. The van der Waals surface area contributed by atoms with Gasteiger partial charge in [-0.3, -0.25) is 9.63 Å². The van der Waals surface area contributed by atoms with Crippen LogP contribution in [-0.4, -0.2) is 18.6 Å². The van der Waals surface area contributed by atoms with E-state index in [1.165, 1.54) is 12.5 Å². The predicted octanol–water partition coefficient (Wildman–Crippen LogP) is 3.64. The van der Waals surface area contributed by atoms with Crippen molar-refractivity contribution in [2.75, 3.05) is 6.61 Å². The van der Waals surface area contributed by atoms with Gasteiger partial charge in [-0.15, -0.1) is 0 Å². The van der Waals surface area contributed by atoms with Gasteiger partial charge in [0.25, 0.3) is 0 Å². The molecule has 1 atom stereocenters. The largest absolute Gasteiger partial charge is 0.488 e. The van der Waals surface area contributed by atoms with E-state index in [1.807, 2.05) is 12.1 Å². The number of carbonyl (C=O) groups excluding carboxylic acids is 1. The quantitative estimate of drug-likeness (QED) is 0.793. The van der Waals surface area contributed by atoms with E-state index in [0.717, 1.165) is 24.2 Å². The summed E-state index contributed by atoms with van der Waals surface area (Å²) in [5.41, 5.74) is 4.71. The maximum Gasteiger partial charge on any atom is 0.240 e. The number of benzene rings is 1. The molecule has 1 aromatic carbocycles. The lowest BCUT2D eigenvalue weighted by Crippen LogP contribution is -2.31. The third-order valence-electron chi connectivity index (χ3n) is 3.59. The molecular formula is C17H19NO3S. The molecule has 116 valence electrons. The van der Waals surface area contributed by atoms with Crippen LogP contribution in [0, 0.1) is 5.92 Å². The smallest absolute Gasteiger partial charge is 0.240 e. The molecule has 1 heterocycles. The Morgan fingerprint density at radius 2 is 2.23 bits per heavy atom. The van der Waals surface area contributed by atoms with Gasteiger partial charge in [-0.1, -0.05) is 12.1 Å². The topological polar surface area (TPSA) is 47.6 Å². The molecule has 1 aliphatic rings. The summed E-state index contributed by atoms with van der Waals surface area (Å²) in [6, 6.07) is 10.2. The highest BCUT2D eigenvalue weighted by Crippen LogP contribution is 2.35. The van der Waals surface area contributed by atoms with E-state index in [9.17, 15) is 4.79 Å². The monoisotopic (exact) mass is 317 g/mol. The maximum absolute atomic E-state index is 10.9. The van der Waals surface area contributed by atoms with E-state index in [0.29, 0.717) is 12.5 Å². The minimum absolute atomic E-state index is 0.0235. The number of amides is 1. The van der Waals surface area contributed by atoms with Gasteiger partial charge >= 0.3 is 0 Å². The Morgan fingerprint density at radius 3 is 2.91 bits per heavy atom. The van der Waals surface area contributed by atoms with E-state index in [-0.39, 0.29) is 12.0 Å². The van der Waals surface area contributed by atoms with E-state index < -0.39 is 0 Å². The molecule has 1 amide bonds. The Hall–Kier alpha value is -1.85. The predicted molar refractivity (Wildman–Crippen MR) is 86.7 cm³/mol. The Kier molecular flexibility index (Phi) is 4.75. The lowest BCUT2D eigenvalue weighted by atomic mass is 10.1. The van der Waals surface area contributed by atoms with Crippen molar-refractivity contribution in [1.82, 2.24) is 5.48 Å². The molecule has 0 bridgehead atoms. The second kappa shape index (κ2) is 6.94. The number of nitrogens with one attached hydrogen (secondary N) is 1. The van der Waals surface area contributed by atoms with E-state index >= 15 is 0 Å². The van der Waals surface area contributed by atoms with Crippen LogP contribution in [0.4, 0.5) is 0 Å². The second-order valence-corrected chi connectivity index (χ2v) is 6.28. The van der Waals surface area contributed by atoms with Crippen molar-refractivity contribution in [2.45, 2.75) is 25.9 Å². The number of ether oxygens (including phenoxy) is 1. The zero-order valence-electron chi connectivity index (χ0n) is 12.5. The normalized spacial score (nSPS) is 15.3. The number of rotatable bonds is 7. The minimum atomic E-state index is -0.200. The fourth-order valence-corrected chi connectivity index (χ4v) is 2.98. The zero-order valence-corrected chi connectivity index (χ0v) is 13.3. The van der Waals surface area contributed by atoms with E-state index in [2.05, 4.69) is 34.4 Å². The number of hydrogen-bond acceptors (Lipinski definition) is 4. The highest BCUT2D eigenvalue weighted by Gasteiger charge is 2.33. The number of hydrogen-bond donors (Lipinski definition) is 1. The van der Waals surface area contributed by atoms with Gasteiger partial charge in [-0.2, -0.15) is 11.3 Å². The van der Waals surface area contributed by atoms with Crippen LogP contribution in [0.2, 0.25) is 0 Å². The van der Waals surface area contributed by atoms with Crippen molar-refractivity contribution in [3.63, 3.8) is 0 Å². The molecule has 0 spiro atoms. The standard InChI is InChI=1S/C17H19NO3S/c1-12(19)18-20-10-17(13-5-6-13)21-16-4-2-3-14(9-16)15-7-8-22-11-15/h2-4,7-9,11,13,17H,5-6,10H2,1H3,(H,18,19). The molecule has 1 fully saturated rings.